The van der Waals surface area contributed by atoms with Gasteiger partial charge in [0.25, 0.3) is 11.8 Å². The number of β-lactam (4-membered cyclic amide) rings is 1. The molecule has 0 saturated carbocycles. The molecule has 12 nitrogen and oxygen atoms in total. The average Bonchev–Trinajstić information content (AvgIpc) is 3.09. The van der Waals surface area contributed by atoms with E-state index in [-0.39, 0.29) is 40.2 Å². The lowest BCUT2D eigenvalue weighted by molar-refractivity contribution is -0.150. The Balaban J connectivity index is 1.84. The number of oxime groups is 1. The fourth-order valence-electron chi connectivity index (χ4n) is 3.04. The predicted octanol–water partition coefficient (Wildman–Crippen LogP) is -1.52. The molecule has 1 unspecified atom stereocenters. The van der Waals surface area contributed by atoms with E-state index in [9.17, 15) is 23.7 Å². The summed E-state index contributed by atoms with van der Waals surface area (Å²) in [5.41, 5.74) is 5.46. The van der Waals surface area contributed by atoms with E-state index in [4.69, 9.17) is 10.5 Å². The number of ether oxygens (including phenoxy) is 1. The number of rotatable bonds is 7. The van der Waals surface area contributed by atoms with Crippen molar-refractivity contribution in [1.29, 1.82) is 0 Å². The quantitative estimate of drug-likeness (QED) is 0.257. The number of nitrogens with zero attached hydrogens (tertiary/aromatic N) is 3. The number of carboxylic acids is 1. The molecule has 1 saturated heterocycles. The first-order valence-corrected chi connectivity index (χ1v) is 10.3. The van der Waals surface area contributed by atoms with Gasteiger partial charge in [-0.15, -0.1) is 11.3 Å². The summed E-state index contributed by atoms with van der Waals surface area (Å²) in [6.07, 6.45) is 0. The molecule has 2 amide bonds. The summed E-state index contributed by atoms with van der Waals surface area (Å²) in [5, 5.41) is 16.2. The van der Waals surface area contributed by atoms with Crippen molar-refractivity contribution in [3.63, 3.8) is 0 Å². The lowest BCUT2D eigenvalue weighted by Gasteiger charge is -2.48. The highest BCUT2D eigenvalue weighted by molar-refractivity contribution is 7.86. The Kier molecular flexibility index (Phi) is 5.95. The van der Waals surface area contributed by atoms with Crippen LogP contribution in [0.1, 0.15) is 5.69 Å². The van der Waals surface area contributed by atoms with Crippen LogP contribution in [0.3, 0.4) is 0 Å². The maximum Gasteiger partial charge on any atom is 0.352 e. The van der Waals surface area contributed by atoms with Crippen LogP contribution in [-0.4, -0.2) is 80.7 Å². The first-order valence-electron chi connectivity index (χ1n) is 8.08. The number of methoxy groups -OCH3 is 1. The van der Waals surface area contributed by atoms with Crippen molar-refractivity contribution >= 4 is 50.8 Å². The summed E-state index contributed by atoms with van der Waals surface area (Å²) in [6, 6.07) is -1.18. The number of nitrogens with two attached hydrogens (primary N) is 1. The lowest BCUT2D eigenvalue weighted by Crippen LogP contribution is -2.74. The number of aromatic nitrogens is 1. The van der Waals surface area contributed by atoms with Gasteiger partial charge in [0.2, 0.25) is 0 Å². The number of nitrogens with one attached hydrogen (secondary N) is 1. The maximum absolute atomic E-state index is 12.6. The largest absolute Gasteiger partial charge is 0.477 e. The number of anilines is 1. The van der Waals surface area contributed by atoms with Crippen LogP contribution >= 0.6 is 11.3 Å². The highest BCUT2D eigenvalue weighted by atomic mass is 32.2. The molecule has 2 aliphatic rings. The number of amides is 2. The predicted molar refractivity (Wildman–Crippen MR) is 102 cm³/mol. The number of fused-ring (bicyclic) bond motifs is 1. The normalized spacial score (nSPS) is 24.1. The Labute approximate surface area is 170 Å². The summed E-state index contributed by atoms with van der Waals surface area (Å²) >= 11 is 1.09. The van der Waals surface area contributed by atoms with Gasteiger partial charge >= 0.3 is 5.97 Å². The van der Waals surface area contributed by atoms with Gasteiger partial charge in [0.15, 0.2) is 10.8 Å². The third kappa shape index (κ3) is 3.73. The molecule has 156 valence electrons. The third-order valence-corrected chi connectivity index (χ3v) is 6.50. The van der Waals surface area contributed by atoms with Gasteiger partial charge in [-0.05, 0) is 5.57 Å². The second kappa shape index (κ2) is 8.26. The van der Waals surface area contributed by atoms with Crippen LogP contribution in [0.25, 0.3) is 0 Å². The first-order chi connectivity index (χ1) is 13.8. The topological polar surface area (TPSA) is 174 Å². The lowest BCUT2D eigenvalue weighted by atomic mass is 10.0. The number of aliphatic carboxylic acids is 1. The van der Waals surface area contributed by atoms with Gasteiger partial charge < -0.3 is 25.7 Å². The maximum atomic E-state index is 12.6. The fraction of sp³-hybridized carbons (Fsp3) is 0.400. The molecular weight excluding hydrogens is 426 g/mol. The number of carboxylic acid groups (broad SMARTS) is 1. The Hall–Kier alpha value is -2.84. The van der Waals surface area contributed by atoms with Gasteiger partial charge in [0.05, 0.1) is 23.2 Å². The molecule has 1 aromatic heterocycles. The van der Waals surface area contributed by atoms with Gasteiger partial charge in [0, 0.05) is 12.5 Å². The smallest absolute Gasteiger partial charge is 0.352 e. The highest BCUT2D eigenvalue weighted by Gasteiger charge is 2.57. The van der Waals surface area contributed by atoms with Crippen LogP contribution in [0, 0.1) is 0 Å². The van der Waals surface area contributed by atoms with Crippen LogP contribution in [0.2, 0.25) is 0 Å². The molecule has 3 rings (SSSR count). The van der Waals surface area contributed by atoms with Gasteiger partial charge in [-0.1, -0.05) is 5.16 Å². The van der Waals surface area contributed by atoms with E-state index in [1.807, 2.05) is 0 Å². The standard InChI is InChI=1S/C15H17N5O7S2/c1-26-3-6-5-29(25)13-9(12(22)20(13)10(6)14(23)24)18-11(21)8(19-27-2)7-4-28-15(16)17-7/h4,9,13H,3,5H2,1-2H3,(H2,16,17)(H,18,21)(H,23,24)/b19-8-/t9-,13-,29?/m1/s1. The summed E-state index contributed by atoms with van der Waals surface area (Å²) in [4.78, 5) is 46.4. The van der Waals surface area contributed by atoms with E-state index in [1.165, 1.54) is 19.6 Å². The molecule has 1 fully saturated rings. The molecule has 29 heavy (non-hydrogen) atoms. The molecule has 0 spiro atoms. The van der Waals surface area contributed by atoms with Gasteiger partial charge in [-0.3, -0.25) is 18.7 Å². The van der Waals surface area contributed by atoms with Gasteiger partial charge in [-0.25, -0.2) is 9.78 Å². The van der Waals surface area contributed by atoms with Crippen molar-refractivity contribution in [2.45, 2.75) is 11.4 Å². The third-order valence-electron chi connectivity index (χ3n) is 4.17. The van der Waals surface area contributed by atoms with Gasteiger partial charge in [0.1, 0.15) is 29.9 Å². The minimum absolute atomic E-state index is 0.0726. The van der Waals surface area contributed by atoms with Crippen molar-refractivity contribution in [3.8, 4) is 0 Å². The summed E-state index contributed by atoms with van der Waals surface area (Å²) < 4.78 is 17.6. The molecule has 2 aliphatic heterocycles. The Bertz CT molecular complexity index is 957. The minimum atomic E-state index is -1.64. The second-order valence-corrected chi connectivity index (χ2v) is 8.38. The molecule has 14 heteroatoms. The van der Waals surface area contributed by atoms with Crippen molar-refractivity contribution in [2.75, 3.05) is 32.3 Å². The van der Waals surface area contributed by atoms with Gasteiger partial charge in [-0.2, -0.15) is 0 Å². The molecule has 0 aliphatic carbocycles. The zero-order valence-electron chi connectivity index (χ0n) is 15.3. The summed E-state index contributed by atoms with van der Waals surface area (Å²) in [5.74, 6) is -2.91. The molecule has 0 aromatic carbocycles. The van der Waals surface area contributed by atoms with Crippen LogP contribution < -0.4 is 11.1 Å². The molecule has 3 atom stereocenters. The average molecular weight is 443 g/mol. The minimum Gasteiger partial charge on any atom is -0.477 e. The fourth-order valence-corrected chi connectivity index (χ4v) is 5.25. The molecule has 1 aromatic rings. The number of nitrogen functional groups attached to an aromatic ring is 1. The van der Waals surface area contributed by atoms with Crippen LogP contribution in [0.5, 0.6) is 0 Å². The number of hydrogen-bond acceptors (Lipinski definition) is 10. The van der Waals surface area contributed by atoms with Crippen LogP contribution in [0.15, 0.2) is 21.8 Å². The van der Waals surface area contributed by atoms with Crippen molar-refractivity contribution in [2.24, 2.45) is 5.16 Å². The Morgan fingerprint density at radius 2 is 2.24 bits per heavy atom. The van der Waals surface area contributed by atoms with E-state index >= 15 is 0 Å². The molecule has 0 bridgehead atoms. The SMILES string of the molecule is COCC1=C(C(=O)O)N2C(=O)[C@@H](NC(=O)/C(=N\OC)c3csc(N)n3)[C@H]2S(=O)C1. The van der Waals surface area contributed by atoms with E-state index < -0.39 is 40.0 Å². The highest BCUT2D eigenvalue weighted by Crippen LogP contribution is 2.35. The molecule has 4 N–H and O–H groups in total. The summed E-state index contributed by atoms with van der Waals surface area (Å²) in [6.45, 7) is -0.0726. The second-order valence-electron chi connectivity index (χ2n) is 5.96. The molecule has 3 heterocycles. The zero-order chi connectivity index (χ0) is 21.3. The van der Waals surface area contributed by atoms with E-state index in [0.717, 1.165) is 16.2 Å². The molecule has 0 radical (unpaired) electrons. The molecular formula is C15H17N5O7S2. The van der Waals surface area contributed by atoms with E-state index in [1.54, 1.807) is 0 Å². The number of carbonyl (C=O) groups is 3. The number of carbonyl (C=O) groups excluding carboxylic acids is 2. The number of thiazole rings is 1. The Morgan fingerprint density at radius 3 is 2.79 bits per heavy atom. The monoisotopic (exact) mass is 443 g/mol. The first kappa shape index (κ1) is 20.9. The zero-order valence-corrected chi connectivity index (χ0v) is 16.9. The van der Waals surface area contributed by atoms with Crippen LogP contribution in [-0.2, 0) is 34.8 Å². The van der Waals surface area contributed by atoms with Crippen molar-refractivity contribution < 1.29 is 33.3 Å². The Morgan fingerprint density at radius 1 is 1.52 bits per heavy atom. The summed E-state index contributed by atoms with van der Waals surface area (Å²) in [7, 11) is 0.961. The van der Waals surface area contributed by atoms with E-state index in [2.05, 4.69) is 20.3 Å². The van der Waals surface area contributed by atoms with Crippen LogP contribution in [0.4, 0.5) is 5.13 Å². The number of hydrogen-bond donors (Lipinski definition) is 3. The van der Waals surface area contributed by atoms with Crippen molar-refractivity contribution in [1.82, 2.24) is 15.2 Å². The van der Waals surface area contributed by atoms with Crippen molar-refractivity contribution in [3.05, 3.63) is 22.3 Å². The van der Waals surface area contributed by atoms with E-state index in [0.29, 0.717) is 0 Å².